The van der Waals surface area contributed by atoms with Crippen LogP contribution in [0.1, 0.15) is 45.2 Å². The Labute approximate surface area is 134 Å². The molecule has 4 heteroatoms. The SMILES string of the molecule is CCCCOCCOC(=O)[C@H](c1ccccc1)N(CC)CC. The van der Waals surface area contributed by atoms with E-state index in [0.29, 0.717) is 13.2 Å². The van der Waals surface area contributed by atoms with Gasteiger partial charge in [-0.15, -0.1) is 0 Å². The van der Waals surface area contributed by atoms with Crippen LogP contribution in [-0.2, 0) is 14.3 Å². The molecule has 0 aliphatic carbocycles. The molecule has 0 saturated heterocycles. The standard InChI is InChI=1S/C18H29NO3/c1-4-7-13-21-14-15-22-18(20)17(19(5-2)6-3)16-11-9-8-10-12-16/h8-12,17H,4-7,13-15H2,1-3H3/t17-/m0/s1. The summed E-state index contributed by atoms with van der Waals surface area (Å²) < 4.78 is 10.9. The van der Waals surface area contributed by atoms with Crippen LogP contribution < -0.4 is 0 Å². The largest absolute Gasteiger partial charge is 0.462 e. The number of hydrogen-bond acceptors (Lipinski definition) is 4. The van der Waals surface area contributed by atoms with Crippen LogP contribution in [0.4, 0.5) is 0 Å². The van der Waals surface area contributed by atoms with Crippen LogP contribution in [0.15, 0.2) is 30.3 Å². The van der Waals surface area contributed by atoms with Crippen molar-refractivity contribution in [2.75, 3.05) is 32.9 Å². The number of unbranched alkanes of at least 4 members (excludes halogenated alkanes) is 1. The van der Waals surface area contributed by atoms with Crippen molar-refractivity contribution in [3.05, 3.63) is 35.9 Å². The Hall–Kier alpha value is -1.39. The van der Waals surface area contributed by atoms with E-state index < -0.39 is 0 Å². The lowest BCUT2D eigenvalue weighted by molar-refractivity contribution is -0.152. The molecular formula is C18H29NO3. The molecule has 0 aliphatic rings. The summed E-state index contributed by atoms with van der Waals surface area (Å²) in [7, 11) is 0. The summed E-state index contributed by atoms with van der Waals surface area (Å²) >= 11 is 0. The average molecular weight is 307 g/mol. The van der Waals surface area contributed by atoms with Crippen molar-refractivity contribution in [1.29, 1.82) is 0 Å². The highest BCUT2D eigenvalue weighted by Gasteiger charge is 2.27. The van der Waals surface area contributed by atoms with Crippen LogP contribution in [0.5, 0.6) is 0 Å². The third kappa shape index (κ3) is 6.16. The van der Waals surface area contributed by atoms with Gasteiger partial charge < -0.3 is 9.47 Å². The van der Waals surface area contributed by atoms with Gasteiger partial charge in [0.2, 0.25) is 0 Å². The minimum atomic E-state index is -0.341. The topological polar surface area (TPSA) is 38.8 Å². The fraction of sp³-hybridized carbons (Fsp3) is 0.611. The maximum absolute atomic E-state index is 12.5. The Morgan fingerprint density at radius 2 is 1.73 bits per heavy atom. The molecule has 1 atom stereocenters. The number of benzene rings is 1. The van der Waals surface area contributed by atoms with Gasteiger partial charge in [0.25, 0.3) is 0 Å². The number of carbonyl (C=O) groups is 1. The Kier molecular flexibility index (Phi) is 9.51. The zero-order valence-corrected chi connectivity index (χ0v) is 14.1. The van der Waals surface area contributed by atoms with Crippen LogP contribution in [0.3, 0.4) is 0 Å². The van der Waals surface area contributed by atoms with Crippen molar-refractivity contribution < 1.29 is 14.3 Å². The maximum Gasteiger partial charge on any atom is 0.328 e. The quantitative estimate of drug-likeness (QED) is 0.464. The van der Waals surface area contributed by atoms with Gasteiger partial charge in [0.1, 0.15) is 12.6 Å². The van der Waals surface area contributed by atoms with E-state index in [9.17, 15) is 4.79 Å². The molecule has 0 fully saturated rings. The van der Waals surface area contributed by atoms with E-state index in [1.54, 1.807) is 0 Å². The predicted molar refractivity (Wildman–Crippen MR) is 88.8 cm³/mol. The van der Waals surface area contributed by atoms with Gasteiger partial charge in [0.15, 0.2) is 0 Å². The lowest BCUT2D eigenvalue weighted by Gasteiger charge is -2.28. The van der Waals surface area contributed by atoms with E-state index in [1.165, 1.54) is 0 Å². The van der Waals surface area contributed by atoms with Crippen molar-refractivity contribution in [3.63, 3.8) is 0 Å². The number of likely N-dealkylation sites (N-methyl/N-ethyl adjacent to an activating group) is 1. The molecule has 0 aliphatic heterocycles. The van der Waals surface area contributed by atoms with Crippen molar-refractivity contribution in [3.8, 4) is 0 Å². The molecule has 1 rings (SSSR count). The second-order valence-corrected chi connectivity index (χ2v) is 5.17. The third-order valence-electron chi connectivity index (χ3n) is 3.63. The Bertz CT molecular complexity index is 404. The molecule has 0 aromatic heterocycles. The predicted octanol–water partition coefficient (Wildman–Crippen LogP) is 3.43. The second-order valence-electron chi connectivity index (χ2n) is 5.17. The number of carbonyl (C=O) groups excluding carboxylic acids is 1. The van der Waals surface area contributed by atoms with Gasteiger partial charge in [-0.25, -0.2) is 4.79 Å². The number of ether oxygens (including phenoxy) is 2. The number of esters is 1. The molecule has 0 amide bonds. The Balaban J connectivity index is 2.57. The zero-order chi connectivity index (χ0) is 16.2. The van der Waals surface area contributed by atoms with E-state index in [2.05, 4.69) is 25.7 Å². The Morgan fingerprint density at radius 1 is 1.05 bits per heavy atom. The maximum atomic E-state index is 12.5. The summed E-state index contributed by atoms with van der Waals surface area (Å²) in [4.78, 5) is 14.6. The van der Waals surface area contributed by atoms with Gasteiger partial charge in [0, 0.05) is 6.61 Å². The smallest absolute Gasteiger partial charge is 0.328 e. The number of hydrogen-bond donors (Lipinski definition) is 0. The molecule has 4 nitrogen and oxygen atoms in total. The van der Waals surface area contributed by atoms with Crippen LogP contribution in [0, 0.1) is 0 Å². The van der Waals surface area contributed by atoms with Gasteiger partial charge in [-0.05, 0) is 25.1 Å². The van der Waals surface area contributed by atoms with Crippen molar-refractivity contribution >= 4 is 5.97 Å². The summed E-state index contributed by atoms with van der Waals surface area (Å²) in [5.74, 6) is -0.200. The van der Waals surface area contributed by atoms with Gasteiger partial charge in [-0.2, -0.15) is 0 Å². The lowest BCUT2D eigenvalue weighted by atomic mass is 10.1. The summed E-state index contributed by atoms with van der Waals surface area (Å²) in [5, 5.41) is 0. The van der Waals surface area contributed by atoms with Crippen molar-refractivity contribution in [2.45, 2.75) is 39.7 Å². The van der Waals surface area contributed by atoms with Crippen LogP contribution >= 0.6 is 0 Å². The zero-order valence-electron chi connectivity index (χ0n) is 14.1. The molecule has 1 aromatic carbocycles. The normalized spacial score (nSPS) is 12.4. The highest BCUT2D eigenvalue weighted by atomic mass is 16.6. The van der Waals surface area contributed by atoms with E-state index in [1.807, 2.05) is 30.3 Å². The first-order valence-corrected chi connectivity index (χ1v) is 8.27. The molecule has 0 bridgehead atoms. The Morgan fingerprint density at radius 3 is 2.32 bits per heavy atom. The number of nitrogens with zero attached hydrogens (tertiary/aromatic N) is 1. The van der Waals surface area contributed by atoms with E-state index in [0.717, 1.165) is 38.1 Å². The molecule has 0 radical (unpaired) electrons. The molecule has 0 unspecified atom stereocenters. The minimum Gasteiger partial charge on any atom is -0.462 e. The monoisotopic (exact) mass is 307 g/mol. The van der Waals surface area contributed by atoms with Gasteiger partial charge in [-0.3, -0.25) is 4.90 Å². The minimum absolute atomic E-state index is 0.200. The number of rotatable bonds is 11. The van der Waals surface area contributed by atoms with Crippen molar-refractivity contribution in [2.24, 2.45) is 0 Å². The average Bonchev–Trinajstić information content (AvgIpc) is 2.56. The second kappa shape index (κ2) is 11.2. The summed E-state index contributed by atoms with van der Waals surface area (Å²) in [6.45, 7) is 9.35. The molecule has 0 N–H and O–H groups in total. The summed E-state index contributed by atoms with van der Waals surface area (Å²) in [5.41, 5.74) is 0.975. The highest BCUT2D eigenvalue weighted by molar-refractivity contribution is 5.77. The first-order valence-electron chi connectivity index (χ1n) is 8.27. The fourth-order valence-electron chi connectivity index (χ4n) is 2.35. The lowest BCUT2D eigenvalue weighted by Crippen LogP contribution is -2.35. The van der Waals surface area contributed by atoms with E-state index >= 15 is 0 Å². The third-order valence-corrected chi connectivity index (χ3v) is 3.63. The van der Waals surface area contributed by atoms with Gasteiger partial charge in [-0.1, -0.05) is 57.5 Å². The first-order chi connectivity index (χ1) is 10.7. The summed E-state index contributed by atoms with van der Waals surface area (Å²) in [6.07, 6.45) is 2.15. The van der Waals surface area contributed by atoms with Gasteiger partial charge >= 0.3 is 5.97 Å². The van der Waals surface area contributed by atoms with Crippen LogP contribution in [0.2, 0.25) is 0 Å². The van der Waals surface area contributed by atoms with E-state index in [-0.39, 0.29) is 12.0 Å². The van der Waals surface area contributed by atoms with Gasteiger partial charge in [0.05, 0.1) is 6.61 Å². The van der Waals surface area contributed by atoms with E-state index in [4.69, 9.17) is 9.47 Å². The molecule has 0 heterocycles. The molecular weight excluding hydrogens is 278 g/mol. The fourth-order valence-corrected chi connectivity index (χ4v) is 2.35. The molecule has 0 spiro atoms. The molecule has 1 aromatic rings. The van der Waals surface area contributed by atoms with Crippen molar-refractivity contribution in [1.82, 2.24) is 4.90 Å². The highest BCUT2D eigenvalue weighted by Crippen LogP contribution is 2.21. The summed E-state index contributed by atoms with van der Waals surface area (Å²) in [6, 6.07) is 9.46. The first kappa shape index (κ1) is 18.7. The molecule has 0 saturated carbocycles. The molecule has 124 valence electrons. The van der Waals surface area contributed by atoms with Crippen LogP contribution in [-0.4, -0.2) is 43.8 Å². The van der Waals surface area contributed by atoms with Crippen LogP contribution in [0.25, 0.3) is 0 Å². The molecule has 22 heavy (non-hydrogen) atoms.